The number of phenols is 1. The summed E-state index contributed by atoms with van der Waals surface area (Å²) in [5.41, 5.74) is 5.52. The summed E-state index contributed by atoms with van der Waals surface area (Å²) < 4.78 is 6.36. The SMILES string of the molecule is Oc1cccc(-c2ccccc2-c2nc(-c3ccccc3)c(-c3ccccc3)o2)c1. The monoisotopic (exact) mass is 389 g/mol. The van der Waals surface area contributed by atoms with Crippen LogP contribution in [0.1, 0.15) is 0 Å². The number of oxazole rings is 1. The molecule has 30 heavy (non-hydrogen) atoms. The lowest BCUT2D eigenvalue weighted by Crippen LogP contribution is -1.85. The van der Waals surface area contributed by atoms with E-state index >= 15 is 0 Å². The number of aromatic hydroxyl groups is 1. The first-order chi connectivity index (χ1) is 14.8. The van der Waals surface area contributed by atoms with E-state index in [2.05, 4.69) is 0 Å². The minimum absolute atomic E-state index is 0.227. The van der Waals surface area contributed by atoms with Gasteiger partial charge in [-0.1, -0.05) is 91.0 Å². The van der Waals surface area contributed by atoms with E-state index in [1.165, 1.54) is 0 Å². The maximum atomic E-state index is 9.94. The van der Waals surface area contributed by atoms with E-state index in [0.29, 0.717) is 5.89 Å². The second-order valence-electron chi connectivity index (χ2n) is 7.02. The first-order valence-electron chi connectivity index (χ1n) is 9.80. The fourth-order valence-electron chi connectivity index (χ4n) is 3.61. The molecule has 0 amide bonds. The summed E-state index contributed by atoms with van der Waals surface area (Å²) in [6.07, 6.45) is 0. The molecule has 144 valence electrons. The molecule has 0 saturated heterocycles. The molecule has 4 aromatic carbocycles. The molecule has 5 rings (SSSR count). The molecule has 0 bridgehead atoms. The van der Waals surface area contributed by atoms with Crippen LogP contribution in [0.3, 0.4) is 0 Å². The van der Waals surface area contributed by atoms with Crippen molar-refractivity contribution in [1.82, 2.24) is 4.98 Å². The Balaban J connectivity index is 1.71. The molecular weight excluding hydrogens is 370 g/mol. The normalized spacial score (nSPS) is 10.8. The number of rotatable bonds is 4. The highest BCUT2D eigenvalue weighted by Crippen LogP contribution is 2.39. The smallest absolute Gasteiger partial charge is 0.227 e. The van der Waals surface area contributed by atoms with Gasteiger partial charge in [0, 0.05) is 16.7 Å². The fourth-order valence-corrected chi connectivity index (χ4v) is 3.61. The highest BCUT2D eigenvalue weighted by Gasteiger charge is 2.20. The second kappa shape index (κ2) is 7.72. The van der Waals surface area contributed by atoms with Gasteiger partial charge in [-0.25, -0.2) is 4.98 Å². The first kappa shape index (κ1) is 18.0. The summed E-state index contributed by atoms with van der Waals surface area (Å²) in [7, 11) is 0. The summed E-state index contributed by atoms with van der Waals surface area (Å²) in [4.78, 5) is 4.91. The van der Waals surface area contributed by atoms with Crippen LogP contribution in [0.25, 0.3) is 45.2 Å². The minimum atomic E-state index is 0.227. The van der Waals surface area contributed by atoms with E-state index in [9.17, 15) is 5.11 Å². The van der Waals surface area contributed by atoms with Gasteiger partial charge in [0.15, 0.2) is 5.76 Å². The van der Waals surface area contributed by atoms with Crippen LogP contribution in [-0.2, 0) is 0 Å². The summed E-state index contributed by atoms with van der Waals surface area (Å²) in [5.74, 6) is 1.51. The van der Waals surface area contributed by atoms with E-state index in [4.69, 9.17) is 9.40 Å². The van der Waals surface area contributed by atoms with Crippen LogP contribution < -0.4 is 0 Å². The van der Waals surface area contributed by atoms with Crippen LogP contribution in [0, 0.1) is 0 Å². The quantitative estimate of drug-likeness (QED) is 0.358. The third-order valence-electron chi connectivity index (χ3n) is 5.02. The fraction of sp³-hybridized carbons (Fsp3) is 0. The Morgan fingerprint density at radius 1 is 0.567 bits per heavy atom. The molecule has 0 unspecified atom stereocenters. The molecule has 5 aromatic rings. The average molecular weight is 389 g/mol. The molecule has 0 fully saturated rings. The van der Waals surface area contributed by atoms with Gasteiger partial charge in [-0.3, -0.25) is 0 Å². The van der Waals surface area contributed by atoms with Crippen LogP contribution in [-0.4, -0.2) is 10.1 Å². The summed E-state index contributed by atoms with van der Waals surface area (Å²) in [6, 6.07) is 35.3. The van der Waals surface area contributed by atoms with E-state index < -0.39 is 0 Å². The molecule has 0 aliphatic rings. The van der Waals surface area contributed by atoms with Crippen molar-refractivity contribution in [1.29, 1.82) is 0 Å². The van der Waals surface area contributed by atoms with Crippen LogP contribution in [0.5, 0.6) is 5.75 Å². The Hall–Kier alpha value is -4.11. The average Bonchev–Trinajstić information content (AvgIpc) is 3.26. The first-order valence-corrected chi connectivity index (χ1v) is 9.80. The van der Waals surface area contributed by atoms with Crippen molar-refractivity contribution in [3.63, 3.8) is 0 Å². The van der Waals surface area contributed by atoms with Gasteiger partial charge in [0.1, 0.15) is 11.4 Å². The van der Waals surface area contributed by atoms with Crippen LogP contribution in [0.4, 0.5) is 0 Å². The molecule has 0 aliphatic carbocycles. The van der Waals surface area contributed by atoms with Crippen molar-refractivity contribution >= 4 is 0 Å². The molecule has 0 aliphatic heterocycles. The Labute approximate surface area is 174 Å². The van der Waals surface area contributed by atoms with Gasteiger partial charge in [0.2, 0.25) is 5.89 Å². The van der Waals surface area contributed by atoms with Gasteiger partial charge in [0.05, 0.1) is 0 Å². The van der Waals surface area contributed by atoms with Crippen LogP contribution in [0.2, 0.25) is 0 Å². The van der Waals surface area contributed by atoms with Crippen molar-refractivity contribution in [3.05, 3.63) is 109 Å². The molecule has 1 heterocycles. The summed E-state index contributed by atoms with van der Waals surface area (Å²) in [6.45, 7) is 0. The summed E-state index contributed by atoms with van der Waals surface area (Å²) in [5, 5.41) is 9.94. The second-order valence-corrected chi connectivity index (χ2v) is 7.02. The van der Waals surface area contributed by atoms with E-state index in [-0.39, 0.29) is 5.75 Å². The van der Waals surface area contributed by atoms with Gasteiger partial charge in [0.25, 0.3) is 0 Å². The lowest BCUT2D eigenvalue weighted by atomic mass is 9.99. The van der Waals surface area contributed by atoms with E-state index in [0.717, 1.165) is 39.3 Å². The van der Waals surface area contributed by atoms with Crippen molar-refractivity contribution in [2.45, 2.75) is 0 Å². The predicted molar refractivity (Wildman–Crippen MR) is 120 cm³/mol. The van der Waals surface area contributed by atoms with Crippen molar-refractivity contribution in [3.8, 4) is 50.9 Å². The van der Waals surface area contributed by atoms with Gasteiger partial charge in [-0.05, 0) is 29.3 Å². The van der Waals surface area contributed by atoms with Crippen molar-refractivity contribution < 1.29 is 9.52 Å². The van der Waals surface area contributed by atoms with Gasteiger partial charge >= 0.3 is 0 Å². The number of nitrogens with zero attached hydrogens (tertiary/aromatic N) is 1. The van der Waals surface area contributed by atoms with Gasteiger partial charge in [-0.15, -0.1) is 0 Å². The topological polar surface area (TPSA) is 46.3 Å². The third kappa shape index (κ3) is 3.38. The maximum absolute atomic E-state index is 9.94. The highest BCUT2D eigenvalue weighted by atomic mass is 16.4. The molecule has 0 spiro atoms. The Bertz CT molecular complexity index is 1230. The molecule has 1 N–H and O–H groups in total. The number of benzene rings is 4. The molecule has 3 heteroatoms. The lowest BCUT2D eigenvalue weighted by Gasteiger charge is -2.07. The standard InChI is InChI=1S/C27H19NO2/c29-22-15-9-14-21(18-22)23-16-7-8-17-24(23)27-28-25(19-10-3-1-4-11-19)26(30-27)20-12-5-2-6-13-20/h1-18,29H. The zero-order valence-electron chi connectivity index (χ0n) is 16.2. The highest BCUT2D eigenvalue weighted by molar-refractivity contribution is 5.84. The number of hydrogen-bond acceptors (Lipinski definition) is 3. The molecule has 1 aromatic heterocycles. The van der Waals surface area contributed by atoms with Gasteiger partial charge < -0.3 is 9.52 Å². The van der Waals surface area contributed by atoms with Gasteiger partial charge in [-0.2, -0.15) is 0 Å². The van der Waals surface area contributed by atoms with E-state index in [1.54, 1.807) is 12.1 Å². The van der Waals surface area contributed by atoms with Crippen molar-refractivity contribution in [2.75, 3.05) is 0 Å². The Kier molecular flexibility index (Phi) is 4.62. The summed E-state index contributed by atoms with van der Waals surface area (Å²) >= 11 is 0. The van der Waals surface area contributed by atoms with Crippen LogP contribution >= 0.6 is 0 Å². The number of aromatic nitrogens is 1. The number of hydrogen-bond donors (Lipinski definition) is 1. The largest absolute Gasteiger partial charge is 0.508 e. The zero-order chi connectivity index (χ0) is 20.3. The van der Waals surface area contributed by atoms with Crippen LogP contribution in [0.15, 0.2) is 114 Å². The molecule has 0 radical (unpaired) electrons. The number of phenolic OH excluding ortho intramolecular Hbond substituents is 1. The maximum Gasteiger partial charge on any atom is 0.227 e. The van der Waals surface area contributed by atoms with Crippen molar-refractivity contribution in [2.24, 2.45) is 0 Å². The Morgan fingerprint density at radius 2 is 1.17 bits per heavy atom. The molecular formula is C27H19NO2. The third-order valence-corrected chi connectivity index (χ3v) is 5.02. The molecule has 0 saturated carbocycles. The predicted octanol–water partition coefficient (Wildman–Crippen LogP) is 7.05. The zero-order valence-corrected chi connectivity index (χ0v) is 16.2. The molecule has 0 atom stereocenters. The molecule has 3 nitrogen and oxygen atoms in total. The minimum Gasteiger partial charge on any atom is -0.508 e. The Morgan fingerprint density at radius 3 is 1.87 bits per heavy atom. The van der Waals surface area contributed by atoms with E-state index in [1.807, 2.05) is 97.1 Å². The lowest BCUT2D eigenvalue weighted by molar-refractivity contribution is 0.475.